The highest BCUT2D eigenvalue weighted by Gasteiger charge is 2.04. The zero-order chi connectivity index (χ0) is 15.2. The van der Waals surface area contributed by atoms with Crippen molar-refractivity contribution in [3.63, 3.8) is 0 Å². The molecule has 0 spiro atoms. The number of nitrogens with one attached hydrogen (secondary N) is 1. The molecule has 112 valence electrons. The van der Waals surface area contributed by atoms with Crippen LogP contribution in [0, 0.1) is 5.92 Å². The Morgan fingerprint density at radius 1 is 1.14 bits per heavy atom. The zero-order valence-electron chi connectivity index (χ0n) is 11.9. The second-order valence-electron chi connectivity index (χ2n) is 5.05. The second kappa shape index (κ2) is 7.59. The maximum Gasteiger partial charge on any atom is 0.237 e. The molecule has 0 radical (unpaired) electrons. The minimum atomic E-state index is 0.418. The van der Waals surface area contributed by atoms with E-state index in [0.29, 0.717) is 34.1 Å². The van der Waals surface area contributed by atoms with Crippen LogP contribution in [-0.2, 0) is 6.54 Å². The number of ether oxygens (including phenoxy) is 1. The van der Waals surface area contributed by atoms with E-state index in [-0.39, 0.29) is 0 Å². The molecule has 0 atom stereocenters. The fourth-order valence-corrected chi connectivity index (χ4v) is 1.93. The zero-order valence-corrected chi connectivity index (χ0v) is 13.4. The molecule has 1 aromatic heterocycles. The average Bonchev–Trinajstić information content (AvgIpc) is 2.44. The second-order valence-corrected chi connectivity index (χ2v) is 5.86. The van der Waals surface area contributed by atoms with E-state index in [1.165, 1.54) is 0 Å². The lowest BCUT2D eigenvalue weighted by atomic mass is 10.2. The highest BCUT2D eigenvalue weighted by Crippen LogP contribution is 2.28. The van der Waals surface area contributed by atoms with Crippen LogP contribution in [-0.4, -0.2) is 16.5 Å². The van der Waals surface area contributed by atoms with Crippen LogP contribution in [0.15, 0.2) is 30.6 Å². The molecule has 0 saturated heterocycles. The Bertz CT molecular complexity index is 588. The van der Waals surface area contributed by atoms with Crippen LogP contribution in [0.25, 0.3) is 0 Å². The van der Waals surface area contributed by atoms with Gasteiger partial charge in [-0.05, 0) is 24.6 Å². The summed E-state index contributed by atoms with van der Waals surface area (Å²) in [5, 5.41) is 4.24. The van der Waals surface area contributed by atoms with Gasteiger partial charge < -0.3 is 10.1 Å². The molecule has 0 fully saturated rings. The summed E-state index contributed by atoms with van der Waals surface area (Å²) in [4.78, 5) is 8.53. The van der Waals surface area contributed by atoms with E-state index in [2.05, 4.69) is 29.1 Å². The van der Waals surface area contributed by atoms with Crippen LogP contribution in [0.4, 0.5) is 0 Å². The summed E-state index contributed by atoms with van der Waals surface area (Å²) in [7, 11) is 0. The Morgan fingerprint density at radius 2 is 1.95 bits per heavy atom. The standard InChI is InChI=1S/C15H17Cl2N3O/c1-10(2)6-18-7-11-8-20-15(9-19-11)21-12-3-4-13(16)14(17)5-12/h3-5,8-10,18H,6-7H2,1-2H3. The summed E-state index contributed by atoms with van der Waals surface area (Å²) < 4.78 is 5.57. The minimum absolute atomic E-state index is 0.418. The van der Waals surface area contributed by atoms with Crippen LogP contribution in [0.1, 0.15) is 19.5 Å². The first-order chi connectivity index (χ1) is 10.0. The number of nitrogens with zero attached hydrogens (tertiary/aromatic N) is 2. The summed E-state index contributed by atoms with van der Waals surface area (Å²) in [6.07, 6.45) is 3.29. The van der Waals surface area contributed by atoms with Gasteiger partial charge in [-0.15, -0.1) is 0 Å². The van der Waals surface area contributed by atoms with E-state index < -0.39 is 0 Å². The van der Waals surface area contributed by atoms with Crippen LogP contribution in [0.2, 0.25) is 10.0 Å². The number of aromatic nitrogens is 2. The molecule has 0 saturated carbocycles. The fraction of sp³-hybridized carbons (Fsp3) is 0.333. The van der Waals surface area contributed by atoms with E-state index in [0.717, 1.165) is 12.2 Å². The Kier molecular flexibility index (Phi) is 5.79. The van der Waals surface area contributed by atoms with Crippen molar-refractivity contribution in [2.24, 2.45) is 5.92 Å². The van der Waals surface area contributed by atoms with Gasteiger partial charge in [-0.2, -0.15) is 0 Å². The lowest BCUT2D eigenvalue weighted by molar-refractivity contribution is 0.458. The van der Waals surface area contributed by atoms with Gasteiger partial charge in [0.2, 0.25) is 5.88 Å². The topological polar surface area (TPSA) is 47.0 Å². The van der Waals surface area contributed by atoms with Crippen molar-refractivity contribution in [2.75, 3.05) is 6.54 Å². The quantitative estimate of drug-likeness (QED) is 0.859. The van der Waals surface area contributed by atoms with Crippen molar-refractivity contribution in [3.8, 4) is 11.6 Å². The number of halogens is 2. The molecule has 0 amide bonds. The number of benzene rings is 1. The molecule has 0 aliphatic heterocycles. The third-order valence-corrected chi connectivity index (χ3v) is 3.39. The maximum absolute atomic E-state index is 5.93. The van der Waals surface area contributed by atoms with Crippen molar-refractivity contribution < 1.29 is 4.74 Å². The molecule has 2 aromatic rings. The molecule has 0 unspecified atom stereocenters. The van der Waals surface area contributed by atoms with E-state index in [1.807, 2.05) is 0 Å². The molecule has 1 heterocycles. The fourth-order valence-electron chi connectivity index (χ4n) is 1.64. The van der Waals surface area contributed by atoms with Gasteiger partial charge in [-0.3, -0.25) is 4.98 Å². The van der Waals surface area contributed by atoms with Gasteiger partial charge >= 0.3 is 0 Å². The summed E-state index contributed by atoms with van der Waals surface area (Å²) in [5.74, 6) is 1.60. The first-order valence-electron chi connectivity index (χ1n) is 6.69. The lowest BCUT2D eigenvalue weighted by Gasteiger charge is -2.08. The SMILES string of the molecule is CC(C)CNCc1cnc(Oc2ccc(Cl)c(Cl)c2)cn1. The van der Waals surface area contributed by atoms with Gasteiger partial charge in [-0.25, -0.2) is 4.98 Å². The highest BCUT2D eigenvalue weighted by atomic mass is 35.5. The van der Waals surface area contributed by atoms with Crippen molar-refractivity contribution in [2.45, 2.75) is 20.4 Å². The lowest BCUT2D eigenvalue weighted by Crippen LogP contribution is -2.19. The van der Waals surface area contributed by atoms with Gasteiger partial charge in [0, 0.05) is 12.6 Å². The van der Waals surface area contributed by atoms with Crippen LogP contribution in [0.5, 0.6) is 11.6 Å². The molecule has 0 aliphatic carbocycles. The summed E-state index contributed by atoms with van der Waals surface area (Å²) >= 11 is 11.8. The van der Waals surface area contributed by atoms with Crippen LogP contribution in [0.3, 0.4) is 0 Å². The molecular weight excluding hydrogens is 309 g/mol. The third-order valence-electron chi connectivity index (χ3n) is 2.65. The van der Waals surface area contributed by atoms with E-state index in [9.17, 15) is 0 Å². The molecule has 4 nitrogen and oxygen atoms in total. The molecule has 6 heteroatoms. The van der Waals surface area contributed by atoms with Gasteiger partial charge in [0.1, 0.15) is 5.75 Å². The predicted octanol–water partition coefficient (Wildman–Crippen LogP) is 4.32. The summed E-state index contributed by atoms with van der Waals surface area (Å²) in [6, 6.07) is 5.05. The van der Waals surface area contributed by atoms with Gasteiger partial charge in [0.25, 0.3) is 0 Å². The number of rotatable bonds is 6. The van der Waals surface area contributed by atoms with Gasteiger partial charge in [0.15, 0.2) is 0 Å². The highest BCUT2D eigenvalue weighted by molar-refractivity contribution is 6.42. The number of hydrogen-bond acceptors (Lipinski definition) is 4. The van der Waals surface area contributed by atoms with Gasteiger partial charge in [-0.1, -0.05) is 37.0 Å². The summed E-state index contributed by atoms with van der Waals surface area (Å²) in [6.45, 7) is 5.96. The van der Waals surface area contributed by atoms with Crippen molar-refractivity contribution in [1.29, 1.82) is 0 Å². The van der Waals surface area contributed by atoms with Crippen LogP contribution >= 0.6 is 23.2 Å². The minimum Gasteiger partial charge on any atom is -0.437 e. The average molecular weight is 326 g/mol. The predicted molar refractivity (Wildman–Crippen MR) is 85.1 cm³/mol. The Hall–Kier alpha value is -1.36. The van der Waals surface area contributed by atoms with Crippen molar-refractivity contribution in [1.82, 2.24) is 15.3 Å². The molecule has 1 N–H and O–H groups in total. The molecule has 0 bridgehead atoms. The Labute approximate surface area is 134 Å². The first kappa shape index (κ1) is 16.0. The summed E-state index contributed by atoms with van der Waals surface area (Å²) in [5.41, 5.74) is 0.872. The molecule has 0 aliphatic rings. The normalized spacial score (nSPS) is 10.9. The number of hydrogen-bond donors (Lipinski definition) is 1. The van der Waals surface area contributed by atoms with Crippen molar-refractivity contribution >= 4 is 23.2 Å². The molecule has 1 aromatic carbocycles. The molecular formula is C15H17Cl2N3O. The van der Waals surface area contributed by atoms with Gasteiger partial charge in [0.05, 0.1) is 28.1 Å². The Balaban J connectivity index is 1.94. The Morgan fingerprint density at radius 3 is 2.57 bits per heavy atom. The molecule has 21 heavy (non-hydrogen) atoms. The smallest absolute Gasteiger partial charge is 0.237 e. The largest absolute Gasteiger partial charge is 0.437 e. The monoisotopic (exact) mass is 325 g/mol. The van der Waals surface area contributed by atoms with E-state index in [4.69, 9.17) is 27.9 Å². The van der Waals surface area contributed by atoms with E-state index in [1.54, 1.807) is 30.6 Å². The van der Waals surface area contributed by atoms with E-state index >= 15 is 0 Å². The van der Waals surface area contributed by atoms with Crippen LogP contribution < -0.4 is 10.1 Å². The van der Waals surface area contributed by atoms with Crippen molar-refractivity contribution in [3.05, 3.63) is 46.3 Å². The molecule has 2 rings (SSSR count). The maximum atomic E-state index is 5.93. The first-order valence-corrected chi connectivity index (χ1v) is 7.44. The third kappa shape index (κ3) is 5.16.